The van der Waals surface area contributed by atoms with Crippen LogP contribution >= 0.6 is 0 Å². The van der Waals surface area contributed by atoms with Crippen molar-refractivity contribution in [1.82, 2.24) is 9.78 Å². The van der Waals surface area contributed by atoms with Crippen molar-refractivity contribution in [3.63, 3.8) is 0 Å². The molecular weight excluding hydrogens is 248 g/mol. The second-order valence-electron chi connectivity index (χ2n) is 4.45. The molecule has 0 unspecified atom stereocenters. The van der Waals surface area contributed by atoms with Gasteiger partial charge in [0.15, 0.2) is 9.84 Å². The van der Waals surface area contributed by atoms with Gasteiger partial charge in [0, 0.05) is 12.2 Å². The van der Waals surface area contributed by atoms with E-state index in [1.165, 1.54) is 0 Å². The molecule has 96 valence electrons. The van der Waals surface area contributed by atoms with Crippen LogP contribution in [0.1, 0.15) is 25.6 Å². The lowest BCUT2D eigenvalue weighted by Crippen LogP contribution is -2.07. The molecular formula is C13H16N2O2S. The number of benzene rings is 1. The molecule has 1 heterocycles. The number of nitrogens with zero attached hydrogens (tertiary/aromatic N) is 2. The lowest BCUT2D eigenvalue weighted by molar-refractivity contribution is 0.527. The highest BCUT2D eigenvalue weighted by molar-refractivity contribution is 7.90. The third-order valence-corrected chi connectivity index (χ3v) is 4.30. The largest absolute Gasteiger partial charge is 0.270 e. The van der Waals surface area contributed by atoms with E-state index in [9.17, 15) is 8.42 Å². The van der Waals surface area contributed by atoms with Crippen LogP contribution < -0.4 is 0 Å². The zero-order valence-corrected chi connectivity index (χ0v) is 11.3. The van der Waals surface area contributed by atoms with Crippen LogP contribution in [0.5, 0.6) is 0 Å². The number of aromatic nitrogens is 2. The van der Waals surface area contributed by atoms with Crippen molar-refractivity contribution in [2.45, 2.75) is 30.5 Å². The molecule has 0 bridgehead atoms. The van der Waals surface area contributed by atoms with Crippen LogP contribution in [0.4, 0.5) is 0 Å². The predicted molar refractivity (Wildman–Crippen MR) is 69.9 cm³/mol. The van der Waals surface area contributed by atoms with Crippen LogP contribution in [0.25, 0.3) is 0 Å². The van der Waals surface area contributed by atoms with E-state index < -0.39 is 9.84 Å². The Kier molecular flexibility index (Phi) is 3.52. The van der Waals surface area contributed by atoms with Crippen molar-refractivity contribution in [3.05, 3.63) is 48.3 Å². The summed E-state index contributed by atoms with van der Waals surface area (Å²) >= 11 is 0. The molecule has 0 amide bonds. The van der Waals surface area contributed by atoms with Gasteiger partial charge in [0.1, 0.15) is 0 Å². The van der Waals surface area contributed by atoms with E-state index in [0.717, 1.165) is 0 Å². The summed E-state index contributed by atoms with van der Waals surface area (Å²) in [5.41, 5.74) is 0.576. The molecule has 4 nitrogen and oxygen atoms in total. The number of rotatable bonds is 4. The summed E-state index contributed by atoms with van der Waals surface area (Å²) < 4.78 is 26.0. The van der Waals surface area contributed by atoms with Crippen LogP contribution in [0.15, 0.2) is 47.5 Å². The minimum Gasteiger partial charge on any atom is -0.270 e. The highest BCUT2D eigenvalue weighted by Crippen LogP contribution is 2.15. The fraction of sp³-hybridized carbons (Fsp3) is 0.308. The quantitative estimate of drug-likeness (QED) is 0.852. The Bertz CT molecular complexity index is 615. The molecule has 0 N–H and O–H groups in total. The molecule has 0 saturated carbocycles. The average Bonchev–Trinajstić information content (AvgIpc) is 2.78. The van der Waals surface area contributed by atoms with Crippen LogP contribution in [0.2, 0.25) is 0 Å². The van der Waals surface area contributed by atoms with Crippen molar-refractivity contribution in [3.8, 4) is 0 Å². The van der Waals surface area contributed by atoms with Gasteiger partial charge in [-0.05, 0) is 32.0 Å². The summed E-state index contributed by atoms with van der Waals surface area (Å²) in [4.78, 5) is 0.337. The van der Waals surface area contributed by atoms with Gasteiger partial charge in [-0.15, -0.1) is 0 Å². The lowest BCUT2D eigenvalue weighted by atomic mass is 10.4. The fourth-order valence-electron chi connectivity index (χ4n) is 1.65. The van der Waals surface area contributed by atoms with Crippen molar-refractivity contribution < 1.29 is 8.42 Å². The van der Waals surface area contributed by atoms with E-state index in [1.54, 1.807) is 47.3 Å². The van der Waals surface area contributed by atoms with Crippen molar-refractivity contribution in [2.24, 2.45) is 0 Å². The standard InChI is InChI=1S/C13H16N2O2S/c1-11(2)15-9-8-12(14-15)10-18(16,17)13-6-4-3-5-7-13/h3-9,11H,10H2,1-2H3. The van der Waals surface area contributed by atoms with Gasteiger partial charge in [0.05, 0.1) is 16.3 Å². The molecule has 2 rings (SSSR count). The van der Waals surface area contributed by atoms with Gasteiger partial charge in [0.2, 0.25) is 0 Å². The normalized spacial score (nSPS) is 11.9. The van der Waals surface area contributed by atoms with E-state index in [1.807, 2.05) is 13.8 Å². The molecule has 0 aliphatic carbocycles. The molecule has 5 heteroatoms. The maximum Gasteiger partial charge on any atom is 0.184 e. The SMILES string of the molecule is CC(C)n1ccc(CS(=O)(=O)c2ccccc2)n1. The second-order valence-corrected chi connectivity index (χ2v) is 6.44. The molecule has 0 aliphatic heterocycles. The minimum absolute atomic E-state index is 0.0588. The molecule has 0 spiro atoms. The molecule has 0 radical (unpaired) electrons. The van der Waals surface area contributed by atoms with E-state index in [2.05, 4.69) is 5.10 Å². The first kappa shape index (κ1) is 12.8. The smallest absolute Gasteiger partial charge is 0.184 e. The molecule has 2 aromatic rings. The zero-order chi connectivity index (χ0) is 13.2. The Hall–Kier alpha value is -1.62. The van der Waals surface area contributed by atoms with Crippen LogP contribution in [-0.2, 0) is 15.6 Å². The number of sulfone groups is 1. The van der Waals surface area contributed by atoms with Gasteiger partial charge in [-0.3, -0.25) is 4.68 Å². The van der Waals surface area contributed by atoms with Gasteiger partial charge in [0.25, 0.3) is 0 Å². The van der Waals surface area contributed by atoms with Gasteiger partial charge in [-0.2, -0.15) is 5.10 Å². The summed E-state index contributed by atoms with van der Waals surface area (Å²) in [7, 11) is -3.30. The van der Waals surface area contributed by atoms with Crippen LogP contribution in [0.3, 0.4) is 0 Å². The molecule has 1 aromatic heterocycles. The number of hydrogen-bond acceptors (Lipinski definition) is 3. The van der Waals surface area contributed by atoms with Crippen molar-refractivity contribution in [1.29, 1.82) is 0 Å². The highest BCUT2D eigenvalue weighted by Gasteiger charge is 2.16. The van der Waals surface area contributed by atoms with Crippen molar-refractivity contribution in [2.75, 3.05) is 0 Å². The maximum atomic E-state index is 12.1. The summed E-state index contributed by atoms with van der Waals surface area (Å²) in [5.74, 6) is -0.0588. The van der Waals surface area contributed by atoms with Gasteiger partial charge in [-0.1, -0.05) is 18.2 Å². The lowest BCUT2D eigenvalue weighted by Gasteiger charge is -2.04. The Morgan fingerprint density at radius 1 is 1.17 bits per heavy atom. The van der Waals surface area contributed by atoms with E-state index in [0.29, 0.717) is 10.6 Å². The monoisotopic (exact) mass is 264 g/mol. The third kappa shape index (κ3) is 2.79. The van der Waals surface area contributed by atoms with Gasteiger partial charge < -0.3 is 0 Å². The average molecular weight is 264 g/mol. The number of hydrogen-bond donors (Lipinski definition) is 0. The van der Waals surface area contributed by atoms with E-state index in [-0.39, 0.29) is 11.8 Å². The maximum absolute atomic E-state index is 12.1. The molecule has 0 aliphatic rings. The van der Waals surface area contributed by atoms with Crippen LogP contribution in [-0.4, -0.2) is 18.2 Å². The van der Waals surface area contributed by atoms with Crippen LogP contribution in [0, 0.1) is 0 Å². The molecule has 0 atom stereocenters. The topological polar surface area (TPSA) is 52.0 Å². The van der Waals surface area contributed by atoms with E-state index in [4.69, 9.17) is 0 Å². The first-order valence-electron chi connectivity index (χ1n) is 5.81. The van der Waals surface area contributed by atoms with Gasteiger partial charge >= 0.3 is 0 Å². The summed E-state index contributed by atoms with van der Waals surface area (Å²) in [6.45, 7) is 4.00. The van der Waals surface area contributed by atoms with E-state index >= 15 is 0 Å². The molecule has 0 fully saturated rings. The molecule has 0 saturated heterocycles. The fourth-order valence-corrected chi connectivity index (χ4v) is 2.93. The highest BCUT2D eigenvalue weighted by atomic mass is 32.2. The summed E-state index contributed by atoms with van der Waals surface area (Å²) in [6, 6.07) is 10.4. The van der Waals surface area contributed by atoms with Gasteiger partial charge in [-0.25, -0.2) is 8.42 Å². The van der Waals surface area contributed by atoms with Crippen molar-refractivity contribution >= 4 is 9.84 Å². The molecule has 1 aromatic carbocycles. The Morgan fingerprint density at radius 2 is 1.83 bits per heavy atom. The predicted octanol–water partition coefficient (Wildman–Crippen LogP) is 2.44. The second kappa shape index (κ2) is 4.94. The molecule has 18 heavy (non-hydrogen) atoms. The first-order chi connectivity index (χ1) is 8.49. The Labute approximate surface area is 107 Å². The Balaban J connectivity index is 2.23. The Morgan fingerprint density at radius 3 is 2.39 bits per heavy atom. The summed E-state index contributed by atoms with van der Waals surface area (Å²) in [5, 5.41) is 4.26. The summed E-state index contributed by atoms with van der Waals surface area (Å²) in [6.07, 6.45) is 1.81. The zero-order valence-electron chi connectivity index (χ0n) is 10.4. The third-order valence-electron chi connectivity index (χ3n) is 2.63. The first-order valence-corrected chi connectivity index (χ1v) is 7.46. The minimum atomic E-state index is -3.30.